The van der Waals surface area contributed by atoms with Crippen molar-refractivity contribution in [3.05, 3.63) is 32.5 Å². The predicted octanol–water partition coefficient (Wildman–Crippen LogP) is 2.94. The molecule has 0 atom stereocenters. The van der Waals surface area contributed by atoms with E-state index in [2.05, 4.69) is 15.5 Å². The number of nitrogens with one attached hydrogen (secondary N) is 1. The summed E-state index contributed by atoms with van der Waals surface area (Å²) in [6.07, 6.45) is 0. The predicted molar refractivity (Wildman–Crippen MR) is 61.3 cm³/mol. The van der Waals surface area contributed by atoms with E-state index in [4.69, 9.17) is 35.4 Å². The van der Waals surface area contributed by atoms with Crippen LogP contribution in [0, 0.1) is 11.7 Å². The number of halogens is 2. The lowest BCUT2D eigenvalue weighted by Gasteiger charge is -2.06. The molecule has 0 aliphatic heterocycles. The monoisotopic (exact) mass is 260 g/mol. The summed E-state index contributed by atoms with van der Waals surface area (Å²) < 4.78 is 1.79. The summed E-state index contributed by atoms with van der Waals surface area (Å²) in [5.41, 5.74) is 1.55. The Morgan fingerprint density at radius 2 is 2.07 bits per heavy atom. The second kappa shape index (κ2) is 3.92. The van der Waals surface area contributed by atoms with Crippen molar-refractivity contribution in [1.82, 2.24) is 20.2 Å². The summed E-state index contributed by atoms with van der Waals surface area (Å²) in [4.78, 5) is 0. The summed E-state index contributed by atoms with van der Waals surface area (Å²) in [6, 6.07) is 3.48. The van der Waals surface area contributed by atoms with E-state index in [0.717, 1.165) is 5.56 Å². The van der Waals surface area contributed by atoms with Crippen molar-refractivity contribution in [3.63, 3.8) is 0 Å². The summed E-state index contributed by atoms with van der Waals surface area (Å²) >= 11 is 17.0. The molecule has 1 heterocycles. The average Bonchev–Trinajstić information content (AvgIpc) is 2.58. The zero-order valence-corrected chi connectivity index (χ0v) is 9.99. The molecule has 0 saturated carbocycles. The molecule has 0 saturated heterocycles. The third kappa shape index (κ3) is 1.90. The standard InChI is InChI=1S/C8H6Cl2N4S/c1-4-2-6(10)7(3-5(4)9)14-8(15)11-12-13-14/h2-3H,1H3,(H,11,13,15). The van der Waals surface area contributed by atoms with Crippen LogP contribution in [-0.2, 0) is 0 Å². The van der Waals surface area contributed by atoms with E-state index < -0.39 is 0 Å². The van der Waals surface area contributed by atoms with Crippen molar-refractivity contribution in [1.29, 1.82) is 0 Å². The van der Waals surface area contributed by atoms with Gasteiger partial charge in [0.05, 0.1) is 10.7 Å². The van der Waals surface area contributed by atoms with E-state index in [1.165, 1.54) is 4.68 Å². The second-order valence-electron chi connectivity index (χ2n) is 2.97. The van der Waals surface area contributed by atoms with Gasteiger partial charge in [-0.15, -0.1) is 0 Å². The summed E-state index contributed by atoms with van der Waals surface area (Å²) in [7, 11) is 0. The van der Waals surface area contributed by atoms with Gasteiger partial charge in [0.25, 0.3) is 0 Å². The normalized spacial score (nSPS) is 10.6. The Hall–Kier alpha value is -0.910. The first kappa shape index (κ1) is 10.6. The van der Waals surface area contributed by atoms with Crippen LogP contribution in [0.4, 0.5) is 0 Å². The molecule has 1 aromatic carbocycles. The highest BCUT2D eigenvalue weighted by Crippen LogP contribution is 2.26. The van der Waals surface area contributed by atoms with Crippen molar-refractivity contribution in [2.75, 3.05) is 0 Å². The lowest BCUT2D eigenvalue weighted by atomic mass is 10.2. The van der Waals surface area contributed by atoms with Gasteiger partial charge in [0.1, 0.15) is 0 Å². The third-order valence-electron chi connectivity index (χ3n) is 1.94. The fourth-order valence-corrected chi connectivity index (χ4v) is 1.80. The maximum Gasteiger partial charge on any atom is 0.242 e. The van der Waals surface area contributed by atoms with Gasteiger partial charge < -0.3 is 0 Å². The van der Waals surface area contributed by atoms with Crippen LogP contribution in [-0.4, -0.2) is 20.2 Å². The Kier molecular flexibility index (Phi) is 2.77. The van der Waals surface area contributed by atoms with Crippen LogP contribution in [0.2, 0.25) is 10.0 Å². The van der Waals surface area contributed by atoms with Crippen molar-refractivity contribution >= 4 is 35.4 Å². The van der Waals surface area contributed by atoms with Gasteiger partial charge in [-0.25, -0.2) is 4.68 Å². The first-order chi connectivity index (χ1) is 7.09. The van der Waals surface area contributed by atoms with Gasteiger partial charge in [-0.3, -0.25) is 0 Å². The molecule has 1 N–H and O–H groups in total. The van der Waals surface area contributed by atoms with Crippen LogP contribution < -0.4 is 0 Å². The number of aryl methyl sites for hydroxylation is 1. The first-order valence-corrected chi connectivity index (χ1v) is 5.22. The largest absolute Gasteiger partial charge is 0.242 e. The number of nitrogens with zero attached hydrogens (tertiary/aromatic N) is 3. The quantitative estimate of drug-likeness (QED) is 0.803. The molecule has 0 aliphatic rings. The molecular formula is C8H6Cl2N4S. The number of rotatable bonds is 1. The van der Waals surface area contributed by atoms with E-state index >= 15 is 0 Å². The summed E-state index contributed by atoms with van der Waals surface area (Å²) in [5.74, 6) is 0. The van der Waals surface area contributed by atoms with Crippen molar-refractivity contribution in [2.45, 2.75) is 6.92 Å². The fourth-order valence-electron chi connectivity index (χ4n) is 1.16. The zero-order chi connectivity index (χ0) is 11.0. The second-order valence-corrected chi connectivity index (χ2v) is 4.15. The highest BCUT2D eigenvalue weighted by atomic mass is 35.5. The average molecular weight is 261 g/mol. The molecule has 0 spiro atoms. The van der Waals surface area contributed by atoms with Crippen LogP contribution in [0.25, 0.3) is 5.69 Å². The molecule has 0 radical (unpaired) electrons. The lowest BCUT2D eigenvalue weighted by Crippen LogP contribution is -1.98. The first-order valence-electron chi connectivity index (χ1n) is 4.05. The third-order valence-corrected chi connectivity index (χ3v) is 2.91. The topological polar surface area (TPSA) is 46.5 Å². The van der Waals surface area contributed by atoms with E-state index in [-0.39, 0.29) is 0 Å². The Morgan fingerprint density at radius 1 is 1.33 bits per heavy atom. The van der Waals surface area contributed by atoms with E-state index in [9.17, 15) is 0 Å². The molecule has 0 amide bonds. The Bertz CT molecular complexity index is 560. The fraction of sp³-hybridized carbons (Fsp3) is 0.125. The number of benzene rings is 1. The van der Waals surface area contributed by atoms with Gasteiger partial charge in [-0.1, -0.05) is 33.5 Å². The number of aromatic nitrogens is 4. The van der Waals surface area contributed by atoms with Gasteiger partial charge >= 0.3 is 0 Å². The van der Waals surface area contributed by atoms with E-state index in [0.29, 0.717) is 20.5 Å². The Morgan fingerprint density at radius 3 is 2.67 bits per heavy atom. The molecule has 2 aromatic rings. The smallest absolute Gasteiger partial charge is 0.208 e. The molecule has 2 rings (SSSR count). The van der Waals surface area contributed by atoms with Crippen LogP contribution in [0.15, 0.2) is 12.1 Å². The number of H-pyrrole nitrogens is 1. The van der Waals surface area contributed by atoms with Gasteiger partial charge in [0.15, 0.2) is 0 Å². The van der Waals surface area contributed by atoms with Crippen molar-refractivity contribution in [2.24, 2.45) is 0 Å². The molecule has 7 heteroatoms. The lowest BCUT2D eigenvalue weighted by molar-refractivity contribution is 0.786. The van der Waals surface area contributed by atoms with Gasteiger partial charge in [-0.2, -0.15) is 5.21 Å². The number of tetrazole rings is 1. The molecule has 0 fully saturated rings. The number of aromatic amines is 1. The highest BCUT2D eigenvalue weighted by molar-refractivity contribution is 7.71. The number of hydrogen-bond donors (Lipinski definition) is 1. The molecule has 0 aliphatic carbocycles. The van der Waals surface area contributed by atoms with Gasteiger partial charge in [0.2, 0.25) is 4.77 Å². The molecule has 78 valence electrons. The minimum atomic E-state index is 0.303. The highest BCUT2D eigenvalue weighted by Gasteiger charge is 2.08. The summed E-state index contributed by atoms with van der Waals surface area (Å²) in [5, 5.41) is 11.0. The molecular weight excluding hydrogens is 255 g/mol. The van der Waals surface area contributed by atoms with Crippen LogP contribution in [0.5, 0.6) is 0 Å². The SMILES string of the molecule is Cc1cc(Cl)c(-n2[nH]nnc2=S)cc1Cl. The Balaban J connectivity index is 2.69. The molecule has 4 nitrogen and oxygen atoms in total. The number of hydrogen-bond acceptors (Lipinski definition) is 3. The molecule has 0 bridgehead atoms. The van der Waals surface area contributed by atoms with Crippen molar-refractivity contribution in [3.8, 4) is 5.69 Å². The molecule has 15 heavy (non-hydrogen) atoms. The maximum absolute atomic E-state index is 6.06. The molecule has 0 unspecified atom stereocenters. The van der Waals surface area contributed by atoms with Crippen LogP contribution in [0.1, 0.15) is 5.56 Å². The van der Waals surface area contributed by atoms with Gasteiger partial charge in [0, 0.05) is 5.02 Å². The van der Waals surface area contributed by atoms with E-state index in [1.54, 1.807) is 12.1 Å². The summed E-state index contributed by atoms with van der Waals surface area (Å²) in [6.45, 7) is 1.88. The van der Waals surface area contributed by atoms with Crippen LogP contribution in [0.3, 0.4) is 0 Å². The van der Waals surface area contributed by atoms with Gasteiger partial charge in [-0.05, 0) is 36.8 Å². The van der Waals surface area contributed by atoms with Crippen LogP contribution >= 0.6 is 35.4 Å². The maximum atomic E-state index is 6.06. The minimum Gasteiger partial charge on any atom is -0.208 e. The molecule has 1 aromatic heterocycles. The minimum absolute atomic E-state index is 0.303. The van der Waals surface area contributed by atoms with E-state index in [1.807, 2.05) is 6.92 Å². The zero-order valence-electron chi connectivity index (χ0n) is 7.66. The Labute approximate surface area is 101 Å². The van der Waals surface area contributed by atoms with Crippen molar-refractivity contribution < 1.29 is 0 Å².